The molecule has 5 nitrogen and oxygen atoms in total. The van der Waals surface area contributed by atoms with E-state index in [1.54, 1.807) is 37.3 Å². The van der Waals surface area contributed by atoms with Crippen molar-refractivity contribution in [1.82, 2.24) is 10.3 Å². The van der Waals surface area contributed by atoms with Crippen molar-refractivity contribution >= 4 is 20.8 Å². The molecule has 23 heavy (non-hydrogen) atoms. The van der Waals surface area contributed by atoms with Crippen LogP contribution in [-0.4, -0.2) is 19.9 Å². The SMILES string of the molecule is Cc1cccc(S(=O)(=O)c2ccc3oc4c(c3c2)CCNC4)n1. The zero-order chi connectivity index (χ0) is 16.0. The summed E-state index contributed by atoms with van der Waals surface area (Å²) in [6.45, 7) is 3.34. The van der Waals surface area contributed by atoms with Crippen LogP contribution < -0.4 is 5.32 Å². The number of pyridine rings is 1. The maximum atomic E-state index is 12.8. The fourth-order valence-electron chi connectivity index (χ4n) is 2.97. The van der Waals surface area contributed by atoms with Gasteiger partial charge in [-0.05, 0) is 50.2 Å². The van der Waals surface area contributed by atoms with Crippen molar-refractivity contribution in [3.8, 4) is 0 Å². The van der Waals surface area contributed by atoms with Crippen LogP contribution in [0.4, 0.5) is 0 Å². The Morgan fingerprint density at radius 2 is 2.09 bits per heavy atom. The monoisotopic (exact) mass is 328 g/mol. The number of aryl methyl sites for hydroxylation is 1. The first-order valence-electron chi connectivity index (χ1n) is 7.49. The van der Waals surface area contributed by atoms with Gasteiger partial charge in [-0.3, -0.25) is 0 Å². The van der Waals surface area contributed by atoms with Gasteiger partial charge in [0.1, 0.15) is 11.3 Å². The normalized spacial score (nSPS) is 14.8. The fourth-order valence-corrected chi connectivity index (χ4v) is 4.25. The number of benzene rings is 1. The highest BCUT2D eigenvalue weighted by atomic mass is 32.2. The van der Waals surface area contributed by atoms with Gasteiger partial charge in [0.2, 0.25) is 9.84 Å². The van der Waals surface area contributed by atoms with E-state index in [0.29, 0.717) is 12.2 Å². The predicted octanol–water partition coefficient (Wildman–Crippen LogP) is 2.61. The summed E-state index contributed by atoms with van der Waals surface area (Å²) in [6, 6.07) is 10.0. The summed E-state index contributed by atoms with van der Waals surface area (Å²) in [7, 11) is -3.63. The van der Waals surface area contributed by atoms with Gasteiger partial charge in [-0.1, -0.05) is 6.07 Å². The molecule has 0 fully saturated rings. The summed E-state index contributed by atoms with van der Waals surface area (Å²) in [6.07, 6.45) is 0.842. The van der Waals surface area contributed by atoms with Gasteiger partial charge in [-0.25, -0.2) is 13.4 Å². The van der Waals surface area contributed by atoms with Crippen LogP contribution >= 0.6 is 0 Å². The van der Waals surface area contributed by atoms with E-state index in [1.165, 1.54) is 6.07 Å². The molecule has 0 spiro atoms. The molecule has 1 aromatic carbocycles. The third-order valence-corrected chi connectivity index (χ3v) is 5.78. The zero-order valence-electron chi connectivity index (χ0n) is 12.7. The number of hydrogen-bond acceptors (Lipinski definition) is 5. The third kappa shape index (κ3) is 2.34. The summed E-state index contributed by atoms with van der Waals surface area (Å²) >= 11 is 0. The quantitative estimate of drug-likeness (QED) is 0.783. The molecule has 0 amide bonds. The van der Waals surface area contributed by atoms with Gasteiger partial charge in [-0.2, -0.15) is 0 Å². The number of aromatic nitrogens is 1. The van der Waals surface area contributed by atoms with Gasteiger partial charge in [0, 0.05) is 16.6 Å². The van der Waals surface area contributed by atoms with Crippen molar-refractivity contribution in [3.63, 3.8) is 0 Å². The van der Waals surface area contributed by atoms with Gasteiger partial charge in [0.05, 0.1) is 11.4 Å². The Bertz CT molecular complexity index is 1010. The Balaban J connectivity index is 1.88. The molecule has 3 heterocycles. The Kier molecular flexibility index (Phi) is 3.25. The van der Waals surface area contributed by atoms with Crippen molar-refractivity contribution in [3.05, 3.63) is 53.4 Å². The third-order valence-electron chi connectivity index (χ3n) is 4.13. The van der Waals surface area contributed by atoms with E-state index < -0.39 is 9.84 Å². The topological polar surface area (TPSA) is 72.2 Å². The summed E-state index contributed by atoms with van der Waals surface area (Å²) in [5.41, 5.74) is 2.52. The number of hydrogen-bond donors (Lipinski definition) is 1. The maximum absolute atomic E-state index is 12.8. The molecule has 0 unspecified atom stereocenters. The average molecular weight is 328 g/mol. The van der Waals surface area contributed by atoms with E-state index in [9.17, 15) is 8.42 Å². The fraction of sp³-hybridized carbons (Fsp3) is 0.235. The van der Waals surface area contributed by atoms with Crippen LogP contribution in [0.5, 0.6) is 0 Å². The standard InChI is InChI=1S/C17H16N2O3S/c1-11-3-2-4-17(19-11)23(20,21)12-5-6-15-14(9-12)13-7-8-18-10-16(13)22-15/h2-6,9,18H,7-8,10H2,1H3. The Hall–Kier alpha value is -2.18. The lowest BCUT2D eigenvalue weighted by molar-refractivity contribution is 0.488. The Morgan fingerprint density at radius 1 is 1.22 bits per heavy atom. The van der Waals surface area contributed by atoms with Crippen molar-refractivity contribution in [2.24, 2.45) is 0 Å². The minimum absolute atomic E-state index is 0.0795. The second kappa shape index (κ2) is 5.18. The lowest BCUT2D eigenvalue weighted by Gasteiger charge is -2.10. The molecule has 1 aliphatic rings. The molecular formula is C17H16N2O3S. The lowest BCUT2D eigenvalue weighted by Crippen LogP contribution is -2.22. The molecule has 0 atom stereocenters. The molecule has 118 valence electrons. The minimum Gasteiger partial charge on any atom is -0.459 e. The molecule has 2 aromatic heterocycles. The second-order valence-electron chi connectivity index (χ2n) is 5.71. The van der Waals surface area contributed by atoms with E-state index in [-0.39, 0.29) is 9.92 Å². The van der Waals surface area contributed by atoms with E-state index in [2.05, 4.69) is 10.3 Å². The number of nitrogens with zero attached hydrogens (tertiary/aromatic N) is 1. The van der Waals surface area contributed by atoms with Gasteiger partial charge in [0.25, 0.3) is 0 Å². The molecular weight excluding hydrogens is 312 g/mol. The molecule has 6 heteroatoms. The molecule has 0 bridgehead atoms. The second-order valence-corrected chi connectivity index (χ2v) is 7.61. The molecule has 3 aromatic rings. The number of fused-ring (bicyclic) bond motifs is 3. The highest BCUT2D eigenvalue weighted by Gasteiger charge is 2.23. The van der Waals surface area contributed by atoms with Crippen LogP contribution in [0.3, 0.4) is 0 Å². The number of sulfone groups is 1. The van der Waals surface area contributed by atoms with Crippen LogP contribution in [0.2, 0.25) is 0 Å². The number of rotatable bonds is 2. The van der Waals surface area contributed by atoms with Gasteiger partial charge < -0.3 is 9.73 Å². The smallest absolute Gasteiger partial charge is 0.223 e. The molecule has 0 aliphatic carbocycles. The van der Waals surface area contributed by atoms with Crippen LogP contribution in [0, 0.1) is 6.92 Å². The first kappa shape index (κ1) is 14.4. The van der Waals surface area contributed by atoms with Gasteiger partial charge in [-0.15, -0.1) is 0 Å². The molecule has 1 aliphatic heterocycles. The first-order chi connectivity index (χ1) is 11.1. The van der Waals surface area contributed by atoms with Crippen molar-refractivity contribution in [2.45, 2.75) is 29.8 Å². The Morgan fingerprint density at radius 3 is 2.91 bits per heavy atom. The average Bonchev–Trinajstić information content (AvgIpc) is 2.92. The molecule has 4 rings (SSSR count). The van der Waals surface area contributed by atoms with Gasteiger partial charge in [0.15, 0.2) is 5.03 Å². The van der Waals surface area contributed by atoms with E-state index in [1.807, 2.05) is 0 Å². The van der Waals surface area contributed by atoms with E-state index in [0.717, 1.165) is 35.3 Å². The molecule has 0 saturated carbocycles. The zero-order valence-corrected chi connectivity index (χ0v) is 13.5. The molecule has 1 N–H and O–H groups in total. The maximum Gasteiger partial charge on any atom is 0.223 e. The summed E-state index contributed by atoms with van der Waals surface area (Å²) < 4.78 is 31.4. The first-order valence-corrected chi connectivity index (χ1v) is 8.98. The number of furan rings is 1. The van der Waals surface area contributed by atoms with Crippen molar-refractivity contribution in [1.29, 1.82) is 0 Å². The highest BCUT2D eigenvalue weighted by molar-refractivity contribution is 7.91. The summed E-state index contributed by atoms with van der Waals surface area (Å²) in [5, 5.41) is 4.22. The minimum atomic E-state index is -3.63. The van der Waals surface area contributed by atoms with Crippen LogP contribution in [0.1, 0.15) is 17.0 Å². The van der Waals surface area contributed by atoms with Crippen LogP contribution in [0.15, 0.2) is 50.7 Å². The molecule has 0 saturated heterocycles. The highest BCUT2D eigenvalue weighted by Crippen LogP contribution is 2.31. The van der Waals surface area contributed by atoms with Crippen molar-refractivity contribution in [2.75, 3.05) is 6.54 Å². The van der Waals surface area contributed by atoms with Crippen LogP contribution in [0.25, 0.3) is 11.0 Å². The lowest BCUT2D eigenvalue weighted by atomic mass is 10.1. The van der Waals surface area contributed by atoms with Gasteiger partial charge >= 0.3 is 0 Å². The van der Waals surface area contributed by atoms with E-state index in [4.69, 9.17) is 4.42 Å². The van der Waals surface area contributed by atoms with Crippen LogP contribution in [-0.2, 0) is 22.8 Å². The van der Waals surface area contributed by atoms with E-state index >= 15 is 0 Å². The summed E-state index contributed by atoms with van der Waals surface area (Å²) in [4.78, 5) is 4.41. The number of nitrogens with one attached hydrogen (secondary N) is 1. The summed E-state index contributed by atoms with van der Waals surface area (Å²) in [5.74, 6) is 0.898. The van der Waals surface area contributed by atoms with Crippen molar-refractivity contribution < 1.29 is 12.8 Å². The predicted molar refractivity (Wildman–Crippen MR) is 86.1 cm³/mol. The Labute approximate surface area is 134 Å². The molecule has 0 radical (unpaired) electrons. The largest absolute Gasteiger partial charge is 0.459 e.